The molecule has 2 fully saturated rings. The van der Waals surface area contributed by atoms with Crippen molar-refractivity contribution in [3.8, 4) is 5.75 Å². The normalized spacial score (nSPS) is 39.0. The highest BCUT2D eigenvalue weighted by atomic mass is 16.3. The van der Waals surface area contributed by atoms with Crippen molar-refractivity contribution in [3.63, 3.8) is 0 Å². The average Bonchev–Trinajstić information content (AvgIpc) is 2.81. The van der Waals surface area contributed by atoms with Crippen LogP contribution < -0.4 is 0 Å². The molecule has 4 rings (SSSR count). The van der Waals surface area contributed by atoms with Crippen LogP contribution in [0.15, 0.2) is 12.1 Å². The lowest BCUT2D eigenvalue weighted by Gasteiger charge is -2.50. The zero-order valence-corrected chi connectivity index (χ0v) is 14.7. The summed E-state index contributed by atoms with van der Waals surface area (Å²) in [6.45, 7) is 6.65. The van der Waals surface area contributed by atoms with E-state index in [2.05, 4.69) is 26.8 Å². The maximum atomic E-state index is 10.5. The Kier molecular flexibility index (Phi) is 3.53. The molecule has 2 nitrogen and oxygen atoms in total. The van der Waals surface area contributed by atoms with Crippen LogP contribution >= 0.6 is 0 Å². The summed E-state index contributed by atoms with van der Waals surface area (Å²) in [6.07, 6.45) is 6.76. The third-order valence-electron chi connectivity index (χ3n) is 7.44. The van der Waals surface area contributed by atoms with Crippen molar-refractivity contribution in [1.29, 1.82) is 0 Å². The van der Waals surface area contributed by atoms with Crippen LogP contribution in [0.4, 0.5) is 0 Å². The van der Waals surface area contributed by atoms with Crippen molar-refractivity contribution in [2.75, 3.05) is 0 Å². The molecule has 0 heterocycles. The van der Waals surface area contributed by atoms with E-state index in [1.807, 2.05) is 6.07 Å². The lowest BCUT2D eigenvalue weighted by molar-refractivity contribution is -0.0226. The van der Waals surface area contributed by atoms with Crippen LogP contribution in [0.5, 0.6) is 5.75 Å². The number of hydrogen-bond acceptors (Lipinski definition) is 2. The van der Waals surface area contributed by atoms with E-state index in [0.717, 1.165) is 30.7 Å². The quantitative estimate of drug-likeness (QED) is 0.786. The molecule has 126 valence electrons. The Morgan fingerprint density at radius 3 is 2.65 bits per heavy atom. The van der Waals surface area contributed by atoms with Crippen LogP contribution in [-0.4, -0.2) is 16.3 Å². The van der Waals surface area contributed by atoms with E-state index in [0.29, 0.717) is 23.5 Å². The van der Waals surface area contributed by atoms with Gasteiger partial charge in [0, 0.05) is 0 Å². The van der Waals surface area contributed by atoms with Gasteiger partial charge in [-0.25, -0.2) is 0 Å². The summed E-state index contributed by atoms with van der Waals surface area (Å²) >= 11 is 0. The second-order valence-electron chi connectivity index (χ2n) is 8.82. The molecule has 1 aromatic carbocycles. The van der Waals surface area contributed by atoms with Crippen LogP contribution in [-0.2, 0) is 6.42 Å². The van der Waals surface area contributed by atoms with E-state index in [1.165, 1.54) is 30.4 Å². The Labute approximate surface area is 139 Å². The fourth-order valence-electron chi connectivity index (χ4n) is 6.06. The predicted molar refractivity (Wildman–Crippen MR) is 92.8 cm³/mol. The summed E-state index contributed by atoms with van der Waals surface area (Å²) in [5.41, 5.74) is 4.13. The van der Waals surface area contributed by atoms with Crippen LogP contribution in [0, 0.1) is 17.3 Å². The smallest absolute Gasteiger partial charge is 0.119 e. The van der Waals surface area contributed by atoms with Gasteiger partial charge in [-0.1, -0.05) is 26.8 Å². The Bertz CT molecular complexity index is 621. The largest absolute Gasteiger partial charge is 0.508 e. The molecule has 0 unspecified atom stereocenters. The molecule has 0 aromatic heterocycles. The zero-order valence-electron chi connectivity index (χ0n) is 14.7. The van der Waals surface area contributed by atoms with Gasteiger partial charge in [0.15, 0.2) is 0 Å². The zero-order chi connectivity index (χ0) is 16.4. The average molecular weight is 314 g/mol. The third kappa shape index (κ3) is 2.17. The van der Waals surface area contributed by atoms with E-state index in [9.17, 15) is 10.2 Å². The number of aliphatic hydroxyl groups is 1. The van der Waals surface area contributed by atoms with Crippen LogP contribution in [0.25, 0.3) is 0 Å². The van der Waals surface area contributed by atoms with Crippen LogP contribution in [0.2, 0.25) is 0 Å². The van der Waals surface area contributed by atoms with E-state index in [1.54, 1.807) is 0 Å². The topological polar surface area (TPSA) is 40.5 Å². The van der Waals surface area contributed by atoms with E-state index in [4.69, 9.17) is 0 Å². The molecule has 2 heteroatoms. The molecule has 3 aliphatic rings. The molecular weight excluding hydrogens is 284 g/mol. The second-order valence-corrected chi connectivity index (χ2v) is 8.82. The third-order valence-corrected chi connectivity index (χ3v) is 7.44. The predicted octanol–water partition coefficient (Wildman–Crippen LogP) is 4.73. The van der Waals surface area contributed by atoms with Gasteiger partial charge in [0.1, 0.15) is 5.75 Å². The Morgan fingerprint density at radius 2 is 1.91 bits per heavy atom. The van der Waals surface area contributed by atoms with Gasteiger partial charge in [0.2, 0.25) is 0 Å². The Hall–Kier alpha value is -1.02. The number of phenols is 1. The Balaban J connectivity index is 1.73. The maximum absolute atomic E-state index is 10.5. The fourth-order valence-corrected chi connectivity index (χ4v) is 6.06. The standard InChI is InChI=1S/C21H30O2/c1-12(2)16-11-17-13(10-19(16)22)4-5-15-14(17)8-9-21(3)18(15)6-7-20(21)23/h10-12,14-15,18,20,22-23H,4-9H2,1-3H3/t14-,15+,18-,20-,21-/m0/s1. The molecule has 1 aromatic rings. The first-order valence-corrected chi connectivity index (χ1v) is 9.45. The first kappa shape index (κ1) is 15.5. The summed E-state index contributed by atoms with van der Waals surface area (Å²) < 4.78 is 0. The lowest BCUT2D eigenvalue weighted by Crippen LogP contribution is -2.43. The number of aryl methyl sites for hydroxylation is 1. The molecule has 2 N–H and O–H groups in total. The molecule has 3 aliphatic carbocycles. The summed E-state index contributed by atoms with van der Waals surface area (Å²) in [4.78, 5) is 0. The number of rotatable bonds is 1. The van der Waals surface area contributed by atoms with E-state index in [-0.39, 0.29) is 11.5 Å². The molecule has 0 bridgehead atoms. The van der Waals surface area contributed by atoms with Crippen LogP contribution in [0.3, 0.4) is 0 Å². The van der Waals surface area contributed by atoms with Gasteiger partial charge >= 0.3 is 0 Å². The summed E-state index contributed by atoms with van der Waals surface area (Å²) in [7, 11) is 0. The van der Waals surface area contributed by atoms with Gasteiger partial charge in [0.25, 0.3) is 0 Å². The van der Waals surface area contributed by atoms with Crippen molar-refractivity contribution in [3.05, 3.63) is 28.8 Å². The molecule has 0 amide bonds. The fraction of sp³-hybridized carbons (Fsp3) is 0.714. The van der Waals surface area contributed by atoms with Crippen molar-refractivity contribution in [1.82, 2.24) is 0 Å². The number of aromatic hydroxyl groups is 1. The number of fused-ring (bicyclic) bond motifs is 5. The number of aliphatic hydroxyl groups excluding tert-OH is 1. The molecule has 5 atom stereocenters. The molecule has 2 saturated carbocycles. The molecule has 23 heavy (non-hydrogen) atoms. The maximum Gasteiger partial charge on any atom is 0.119 e. The van der Waals surface area contributed by atoms with E-state index < -0.39 is 0 Å². The lowest BCUT2D eigenvalue weighted by atomic mass is 9.55. The van der Waals surface area contributed by atoms with Crippen molar-refractivity contribution in [2.45, 2.75) is 77.2 Å². The summed E-state index contributed by atoms with van der Waals surface area (Å²) in [5, 5.41) is 20.8. The second kappa shape index (κ2) is 5.24. The highest BCUT2D eigenvalue weighted by molar-refractivity contribution is 5.46. The molecular formula is C21H30O2. The van der Waals surface area contributed by atoms with Gasteiger partial charge in [-0.15, -0.1) is 0 Å². The van der Waals surface area contributed by atoms with Gasteiger partial charge in [-0.3, -0.25) is 0 Å². The van der Waals surface area contributed by atoms with E-state index >= 15 is 0 Å². The van der Waals surface area contributed by atoms with Gasteiger partial charge < -0.3 is 10.2 Å². The minimum absolute atomic E-state index is 0.0964. The van der Waals surface area contributed by atoms with Crippen molar-refractivity contribution < 1.29 is 10.2 Å². The van der Waals surface area contributed by atoms with Gasteiger partial charge in [-0.05, 0) is 90.4 Å². The Morgan fingerprint density at radius 1 is 1.13 bits per heavy atom. The minimum atomic E-state index is -0.0964. The monoisotopic (exact) mass is 314 g/mol. The molecule has 0 aliphatic heterocycles. The van der Waals surface area contributed by atoms with Crippen LogP contribution in [0.1, 0.15) is 81.4 Å². The minimum Gasteiger partial charge on any atom is -0.508 e. The van der Waals surface area contributed by atoms with Crippen molar-refractivity contribution >= 4 is 0 Å². The summed E-state index contributed by atoms with van der Waals surface area (Å²) in [6, 6.07) is 4.35. The SMILES string of the molecule is CC(C)c1cc2c(cc1O)CC[C@@H]1[C@@H]2CC[C@]2(C)[C@@H](O)CC[C@@H]12. The molecule has 0 radical (unpaired) electrons. The highest BCUT2D eigenvalue weighted by Gasteiger charge is 2.54. The van der Waals surface area contributed by atoms with Gasteiger partial charge in [0.05, 0.1) is 6.10 Å². The summed E-state index contributed by atoms with van der Waals surface area (Å²) in [5.74, 6) is 2.89. The molecule has 0 spiro atoms. The molecule has 0 saturated heterocycles. The number of phenolic OH excluding ortho intramolecular Hbond substituents is 1. The number of hydrogen-bond donors (Lipinski definition) is 2. The first-order valence-electron chi connectivity index (χ1n) is 9.45. The number of benzene rings is 1. The first-order chi connectivity index (χ1) is 10.9. The highest BCUT2D eigenvalue weighted by Crippen LogP contribution is 2.61. The van der Waals surface area contributed by atoms with Crippen molar-refractivity contribution in [2.24, 2.45) is 17.3 Å². The van der Waals surface area contributed by atoms with Gasteiger partial charge in [-0.2, -0.15) is 0 Å².